The molecule has 2 aromatic carbocycles. The zero-order valence-electron chi connectivity index (χ0n) is 22.0. The molecule has 2 amide bonds. The van der Waals surface area contributed by atoms with E-state index in [1.165, 1.54) is 4.90 Å². The first-order chi connectivity index (χ1) is 16.7. The van der Waals surface area contributed by atoms with Crippen molar-refractivity contribution in [1.29, 1.82) is 0 Å². The molecule has 0 aromatic heterocycles. The maximum Gasteiger partial charge on any atom is 0.244 e. The Hall–Kier alpha value is -2.39. The zero-order chi connectivity index (χ0) is 27.1. The van der Waals surface area contributed by atoms with Crippen LogP contribution in [0.25, 0.3) is 0 Å². The summed E-state index contributed by atoms with van der Waals surface area (Å²) >= 11 is 3.41. The van der Waals surface area contributed by atoms with Crippen molar-refractivity contribution in [2.45, 2.75) is 65.5 Å². The number of rotatable bonds is 11. The monoisotopic (exact) mass is 579 g/mol. The Bertz CT molecular complexity index is 1130. The van der Waals surface area contributed by atoms with Crippen molar-refractivity contribution in [2.75, 3.05) is 23.7 Å². The maximum absolute atomic E-state index is 13.6. The lowest BCUT2D eigenvalue weighted by Crippen LogP contribution is -2.51. The third kappa shape index (κ3) is 8.62. The van der Waals surface area contributed by atoms with Crippen molar-refractivity contribution in [1.82, 2.24) is 10.2 Å². The molecule has 1 atom stereocenters. The van der Waals surface area contributed by atoms with Gasteiger partial charge in [0.2, 0.25) is 21.8 Å². The van der Waals surface area contributed by atoms with E-state index in [1.54, 1.807) is 19.1 Å². The Morgan fingerprint density at radius 2 is 1.61 bits per heavy atom. The van der Waals surface area contributed by atoms with E-state index in [9.17, 15) is 18.0 Å². The molecule has 0 unspecified atom stereocenters. The Morgan fingerprint density at radius 1 is 1.03 bits per heavy atom. The van der Waals surface area contributed by atoms with Crippen molar-refractivity contribution in [3.05, 3.63) is 64.1 Å². The number of hydrogen-bond acceptors (Lipinski definition) is 4. The number of sulfonamides is 1. The van der Waals surface area contributed by atoms with Crippen LogP contribution in [0.2, 0.25) is 0 Å². The van der Waals surface area contributed by atoms with Crippen LogP contribution in [0, 0.1) is 0 Å². The van der Waals surface area contributed by atoms with Crippen molar-refractivity contribution in [2.24, 2.45) is 0 Å². The summed E-state index contributed by atoms with van der Waals surface area (Å²) in [5, 5.41) is 2.88. The van der Waals surface area contributed by atoms with Crippen LogP contribution in [0.1, 0.15) is 58.6 Å². The number of carbonyl (C=O) groups is 2. The fourth-order valence-corrected chi connectivity index (χ4v) is 4.76. The highest BCUT2D eigenvalue weighted by molar-refractivity contribution is 9.10. The SMILES string of the molecule is CCCCNC(=O)[C@@H](C)N(Cc1ccc(Br)cc1)C(=O)CN(c1ccc(C(C)(C)C)cc1)S(C)(=O)=O. The molecule has 0 spiro atoms. The van der Waals surface area contributed by atoms with Gasteiger partial charge < -0.3 is 10.2 Å². The van der Waals surface area contributed by atoms with Crippen LogP contribution >= 0.6 is 15.9 Å². The summed E-state index contributed by atoms with van der Waals surface area (Å²) in [6.07, 6.45) is 2.86. The van der Waals surface area contributed by atoms with Crippen LogP contribution in [0.15, 0.2) is 53.0 Å². The molecule has 9 heteroatoms. The first-order valence-corrected chi connectivity index (χ1v) is 14.8. The van der Waals surface area contributed by atoms with Crippen LogP contribution in [0.3, 0.4) is 0 Å². The minimum Gasteiger partial charge on any atom is -0.354 e. The highest BCUT2D eigenvalue weighted by Gasteiger charge is 2.30. The topological polar surface area (TPSA) is 86.8 Å². The second-order valence-corrected chi connectivity index (χ2v) is 12.9. The molecular weight excluding hydrogens is 542 g/mol. The standard InChI is InChI=1S/C27H38BrN3O4S/c1-7-8-17-29-26(33)20(2)30(18-21-9-13-23(28)14-10-21)25(32)19-31(36(6,34)35)24-15-11-22(12-16-24)27(3,4)5/h9-16,20H,7-8,17-19H2,1-6H3,(H,29,33)/t20-/m1/s1. The van der Waals surface area contributed by atoms with Gasteiger partial charge in [0.15, 0.2) is 0 Å². The molecule has 0 fully saturated rings. The third-order valence-electron chi connectivity index (χ3n) is 5.96. The van der Waals surface area contributed by atoms with E-state index in [0.29, 0.717) is 12.2 Å². The highest BCUT2D eigenvalue weighted by Crippen LogP contribution is 2.26. The summed E-state index contributed by atoms with van der Waals surface area (Å²) in [6, 6.07) is 13.9. The van der Waals surface area contributed by atoms with E-state index in [-0.39, 0.29) is 17.9 Å². The average Bonchev–Trinajstić information content (AvgIpc) is 2.80. The second-order valence-electron chi connectivity index (χ2n) is 10.0. The van der Waals surface area contributed by atoms with Gasteiger partial charge in [-0.25, -0.2) is 8.42 Å². The highest BCUT2D eigenvalue weighted by atomic mass is 79.9. The molecular formula is C27H38BrN3O4S. The number of carbonyl (C=O) groups excluding carboxylic acids is 2. The third-order valence-corrected chi connectivity index (χ3v) is 7.63. The fraction of sp³-hybridized carbons (Fsp3) is 0.481. The molecule has 198 valence electrons. The molecule has 0 heterocycles. The largest absolute Gasteiger partial charge is 0.354 e. The lowest BCUT2D eigenvalue weighted by molar-refractivity contribution is -0.139. The average molecular weight is 581 g/mol. The quantitative estimate of drug-likeness (QED) is 0.386. The van der Waals surface area contributed by atoms with Gasteiger partial charge in [-0.15, -0.1) is 0 Å². The Labute approximate surface area is 224 Å². The van der Waals surface area contributed by atoms with Gasteiger partial charge in [0.1, 0.15) is 12.6 Å². The molecule has 0 bridgehead atoms. The number of nitrogens with zero attached hydrogens (tertiary/aromatic N) is 2. The lowest BCUT2D eigenvalue weighted by Gasteiger charge is -2.31. The molecule has 2 aromatic rings. The van der Waals surface area contributed by atoms with E-state index in [4.69, 9.17) is 0 Å². The van der Waals surface area contributed by atoms with E-state index >= 15 is 0 Å². The number of unbranched alkanes of at least 4 members (excludes halogenated alkanes) is 1. The molecule has 7 nitrogen and oxygen atoms in total. The molecule has 0 aliphatic heterocycles. The summed E-state index contributed by atoms with van der Waals surface area (Å²) in [7, 11) is -3.76. The number of benzene rings is 2. The normalized spacial score (nSPS) is 12.6. The smallest absolute Gasteiger partial charge is 0.244 e. The van der Waals surface area contributed by atoms with Crippen LogP contribution in [-0.2, 0) is 31.6 Å². The summed E-state index contributed by atoms with van der Waals surface area (Å²) in [6.45, 7) is 10.2. The summed E-state index contributed by atoms with van der Waals surface area (Å²) in [5.74, 6) is -0.726. The number of nitrogens with one attached hydrogen (secondary N) is 1. The van der Waals surface area contributed by atoms with Crippen molar-refractivity contribution in [3.63, 3.8) is 0 Å². The molecule has 0 aliphatic carbocycles. The van der Waals surface area contributed by atoms with Gasteiger partial charge in [-0.1, -0.05) is 74.3 Å². The van der Waals surface area contributed by atoms with Crippen LogP contribution < -0.4 is 9.62 Å². The van der Waals surface area contributed by atoms with E-state index < -0.39 is 28.5 Å². The van der Waals surface area contributed by atoms with Gasteiger partial charge in [0, 0.05) is 17.6 Å². The minimum atomic E-state index is -3.76. The van der Waals surface area contributed by atoms with Crippen molar-refractivity contribution < 1.29 is 18.0 Å². The molecule has 36 heavy (non-hydrogen) atoms. The summed E-state index contributed by atoms with van der Waals surface area (Å²) in [4.78, 5) is 27.9. The van der Waals surface area contributed by atoms with Gasteiger partial charge in [0.05, 0.1) is 11.9 Å². The number of amides is 2. The van der Waals surface area contributed by atoms with E-state index in [1.807, 2.05) is 43.3 Å². The second kappa shape index (κ2) is 12.7. The van der Waals surface area contributed by atoms with E-state index in [0.717, 1.165) is 39.0 Å². The molecule has 0 saturated carbocycles. The molecule has 0 saturated heterocycles. The van der Waals surface area contributed by atoms with Gasteiger partial charge in [-0.2, -0.15) is 0 Å². The first kappa shape index (κ1) is 29.8. The number of anilines is 1. The lowest BCUT2D eigenvalue weighted by atomic mass is 9.87. The number of hydrogen-bond donors (Lipinski definition) is 1. The Morgan fingerprint density at radius 3 is 2.11 bits per heavy atom. The van der Waals surface area contributed by atoms with Gasteiger partial charge in [-0.3, -0.25) is 13.9 Å². The minimum absolute atomic E-state index is 0.0910. The molecule has 2 rings (SSSR count). The van der Waals surface area contributed by atoms with Gasteiger partial charge >= 0.3 is 0 Å². The summed E-state index contributed by atoms with van der Waals surface area (Å²) in [5.41, 5.74) is 2.20. The number of halogens is 1. The molecule has 0 aliphatic rings. The van der Waals surface area contributed by atoms with Crippen molar-refractivity contribution >= 4 is 43.5 Å². The summed E-state index contributed by atoms with van der Waals surface area (Å²) < 4.78 is 27.4. The predicted octanol–water partition coefficient (Wildman–Crippen LogP) is 4.85. The van der Waals surface area contributed by atoms with E-state index in [2.05, 4.69) is 42.0 Å². The Balaban J connectivity index is 2.35. The molecule has 1 N–H and O–H groups in total. The van der Waals surface area contributed by atoms with Crippen LogP contribution in [-0.4, -0.2) is 50.5 Å². The first-order valence-electron chi connectivity index (χ1n) is 12.1. The van der Waals surface area contributed by atoms with Gasteiger partial charge in [0.25, 0.3) is 0 Å². The van der Waals surface area contributed by atoms with Crippen LogP contribution in [0.4, 0.5) is 5.69 Å². The van der Waals surface area contributed by atoms with Gasteiger partial charge in [-0.05, 0) is 54.2 Å². The van der Waals surface area contributed by atoms with Crippen molar-refractivity contribution in [3.8, 4) is 0 Å². The predicted molar refractivity (Wildman–Crippen MR) is 149 cm³/mol. The zero-order valence-corrected chi connectivity index (χ0v) is 24.4. The Kier molecular flexibility index (Phi) is 10.5. The van der Waals surface area contributed by atoms with Crippen LogP contribution in [0.5, 0.6) is 0 Å². The molecule has 0 radical (unpaired) electrons. The fourth-order valence-electron chi connectivity index (χ4n) is 3.65. The maximum atomic E-state index is 13.6.